The number of aryl methyl sites for hydroxylation is 3. The van der Waals surface area contributed by atoms with Gasteiger partial charge in [0.05, 0.1) is 5.52 Å². The Balaban J connectivity index is 1.73. The van der Waals surface area contributed by atoms with Crippen LogP contribution in [0.1, 0.15) is 16.7 Å². The Morgan fingerprint density at radius 2 is 1.68 bits per heavy atom. The van der Waals surface area contributed by atoms with Gasteiger partial charge < -0.3 is 5.73 Å². The molecule has 3 nitrogen and oxygen atoms in total. The van der Waals surface area contributed by atoms with Gasteiger partial charge in [0.25, 0.3) is 0 Å². The quantitative estimate of drug-likeness (QED) is 0.524. The van der Waals surface area contributed by atoms with E-state index in [1.807, 2.05) is 18.3 Å². The summed E-state index contributed by atoms with van der Waals surface area (Å²) in [5.74, 6) is 0.484. The average Bonchev–Trinajstić information content (AvgIpc) is 2.61. The molecular weight excluding hydrogens is 330 g/mol. The van der Waals surface area contributed by atoms with Crippen molar-refractivity contribution in [3.8, 4) is 0 Å². The summed E-state index contributed by atoms with van der Waals surface area (Å²) in [4.78, 5) is 9.07. The highest BCUT2D eigenvalue weighted by atomic mass is 35.5. The molecule has 0 atom stereocenters. The van der Waals surface area contributed by atoms with Gasteiger partial charge in [0.15, 0.2) is 5.82 Å². The standard InChI is InChI=1S/C21H18ClN3/c1-13-2-9-17-18-11-15(4-3-14-5-7-16(22)8-6-14)12-24-20(18)21(23)25-19(17)10-13/h2,5-12H,3-4H2,1H3,(H2,23,25). The number of rotatable bonds is 3. The fraction of sp³-hybridized carbons (Fsp3) is 0.143. The maximum Gasteiger partial charge on any atom is 0.150 e. The van der Waals surface area contributed by atoms with E-state index in [-0.39, 0.29) is 0 Å². The van der Waals surface area contributed by atoms with Crippen molar-refractivity contribution < 1.29 is 0 Å². The van der Waals surface area contributed by atoms with Crippen LogP contribution in [-0.2, 0) is 12.8 Å². The van der Waals surface area contributed by atoms with Gasteiger partial charge in [-0.05, 0) is 60.7 Å². The van der Waals surface area contributed by atoms with Crippen LogP contribution in [0.5, 0.6) is 0 Å². The van der Waals surface area contributed by atoms with E-state index in [0.29, 0.717) is 5.82 Å². The molecule has 2 heterocycles. The van der Waals surface area contributed by atoms with E-state index in [2.05, 4.69) is 53.3 Å². The predicted octanol–water partition coefficient (Wildman–Crippen LogP) is 5.11. The highest BCUT2D eigenvalue weighted by Crippen LogP contribution is 2.28. The summed E-state index contributed by atoms with van der Waals surface area (Å²) in [7, 11) is 0. The molecule has 0 unspecified atom stereocenters. The Labute approximate surface area is 151 Å². The minimum absolute atomic E-state index is 0.484. The number of fused-ring (bicyclic) bond motifs is 3. The molecule has 25 heavy (non-hydrogen) atoms. The van der Waals surface area contributed by atoms with Gasteiger partial charge in [-0.25, -0.2) is 4.98 Å². The molecule has 124 valence electrons. The monoisotopic (exact) mass is 347 g/mol. The van der Waals surface area contributed by atoms with Crippen LogP contribution in [0.4, 0.5) is 5.82 Å². The summed E-state index contributed by atoms with van der Waals surface area (Å²) in [5, 5.41) is 2.92. The van der Waals surface area contributed by atoms with E-state index in [1.54, 1.807) is 0 Å². The summed E-state index contributed by atoms with van der Waals surface area (Å²) in [6, 6.07) is 16.4. The lowest BCUT2D eigenvalue weighted by Crippen LogP contribution is -1.98. The first-order valence-corrected chi connectivity index (χ1v) is 8.67. The van der Waals surface area contributed by atoms with E-state index >= 15 is 0 Å². The van der Waals surface area contributed by atoms with Gasteiger partial charge in [0, 0.05) is 22.0 Å². The van der Waals surface area contributed by atoms with Gasteiger partial charge in [0.1, 0.15) is 5.52 Å². The van der Waals surface area contributed by atoms with Gasteiger partial charge in [-0.2, -0.15) is 0 Å². The third-order valence-electron chi connectivity index (χ3n) is 4.49. The molecule has 0 saturated carbocycles. The third-order valence-corrected chi connectivity index (χ3v) is 4.74. The molecule has 0 spiro atoms. The number of aromatic nitrogens is 2. The number of anilines is 1. The Bertz CT molecular complexity index is 1070. The second-order valence-electron chi connectivity index (χ2n) is 6.38. The lowest BCUT2D eigenvalue weighted by molar-refractivity contribution is 0.955. The fourth-order valence-electron chi connectivity index (χ4n) is 3.14. The zero-order chi connectivity index (χ0) is 17.4. The molecule has 0 aliphatic carbocycles. The number of hydrogen-bond donors (Lipinski definition) is 1. The molecule has 2 aromatic carbocycles. The van der Waals surface area contributed by atoms with Crippen LogP contribution >= 0.6 is 11.6 Å². The number of halogens is 1. The Morgan fingerprint density at radius 3 is 2.48 bits per heavy atom. The zero-order valence-electron chi connectivity index (χ0n) is 14.0. The van der Waals surface area contributed by atoms with Crippen molar-refractivity contribution in [3.05, 3.63) is 76.4 Å². The number of nitrogens with zero attached hydrogens (tertiary/aromatic N) is 2. The second-order valence-corrected chi connectivity index (χ2v) is 6.82. The van der Waals surface area contributed by atoms with Crippen molar-refractivity contribution in [2.24, 2.45) is 0 Å². The number of hydrogen-bond acceptors (Lipinski definition) is 3. The minimum atomic E-state index is 0.484. The van der Waals surface area contributed by atoms with Gasteiger partial charge >= 0.3 is 0 Å². The van der Waals surface area contributed by atoms with Crippen molar-refractivity contribution in [3.63, 3.8) is 0 Å². The van der Waals surface area contributed by atoms with Crippen molar-refractivity contribution in [2.45, 2.75) is 19.8 Å². The van der Waals surface area contributed by atoms with Crippen molar-refractivity contribution in [1.29, 1.82) is 0 Å². The SMILES string of the molecule is Cc1ccc2c(c1)nc(N)c1ncc(CCc3ccc(Cl)cc3)cc12. The Hall–Kier alpha value is -2.65. The zero-order valence-corrected chi connectivity index (χ0v) is 14.7. The topological polar surface area (TPSA) is 51.8 Å². The Kier molecular flexibility index (Phi) is 4.02. The molecule has 0 amide bonds. The molecular formula is C21H18ClN3. The maximum absolute atomic E-state index is 6.12. The first-order chi connectivity index (χ1) is 12.1. The molecule has 0 fully saturated rings. The normalized spacial score (nSPS) is 11.3. The molecule has 2 aromatic heterocycles. The molecule has 4 rings (SSSR count). The number of nitrogens with two attached hydrogens (primary N) is 1. The highest BCUT2D eigenvalue weighted by Gasteiger charge is 2.09. The third kappa shape index (κ3) is 3.15. The van der Waals surface area contributed by atoms with Crippen LogP contribution in [0.15, 0.2) is 54.7 Å². The molecule has 0 aliphatic rings. The van der Waals surface area contributed by atoms with Gasteiger partial charge in [-0.3, -0.25) is 4.98 Å². The molecule has 2 N–H and O–H groups in total. The number of benzene rings is 2. The smallest absolute Gasteiger partial charge is 0.150 e. The fourth-order valence-corrected chi connectivity index (χ4v) is 3.26. The van der Waals surface area contributed by atoms with Crippen LogP contribution in [0.2, 0.25) is 5.02 Å². The molecule has 4 heteroatoms. The molecule has 0 saturated heterocycles. The first-order valence-electron chi connectivity index (χ1n) is 8.29. The molecule has 0 radical (unpaired) electrons. The predicted molar refractivity (Wildman–Crippen MR) is 105 cm³/mol. The van der Waals surface area contributed by atoms with E-state index in [0.717, 1.165) is 39.7 Å². The number of pyridine rings is 2. The minimum Gasteiger partial charge on any atom is -0.382 e. The summed E-state index contributed by atoms with van der Waals surface area (Å²) < 4.78 is 0. The van der Waals surface area contributed by atoms with Crippen LogP contribution < -0.4 is 5.73 Å². The van der Waals surface area contributed by atoms with E-state index in [4.69, 9.17) is 17.3 Å². The van der Waals surface area contributed by atoms with E-state index in [9.17, 15) is 0 Å². The van der Waals surface area contributed by atoms with Crippen LogP contribution in [0.3, 0.4) is 0 Å². The Morgan fingerprint density at radius 1 is 0.920 bits per heavy atom. The molecule has 0 aliphatic heterocycles. The van der Waals surface area contributed by atoms with E-state index in [1.165, 1.54) is 16.7 Å². The summed E-state index contributed by atoms with van der Waals surface area (Å²) in [6.07, 6.45) is 3.76. The van der Waals surface area contributed by atoms with Gasteiger partial charge in [0.2, 0.25) is 0 Å². The maximum atomic E-state index is 6.12. The highest BCUT2D eigenvalue weighted by molar-refractivity contribution is 6.30. The summed E-state index contributed by atoms with van der Waals surface area (Å²) >= 11 is 5.95. The summed E-state index contributed by atoms with van der Waals surface area (Å²) in [5.41, 5.74) is 11.4. The largest absolute Gasteiger partial charge is 0.382 e. The average molecular weight is 348 g/mol. The first kappa shape index (κ1) is 15.9. The van der Waals surface area contributed by atoms with Crippen molar-refractivity contribution in [2.75, 3.05) is 5.73 Å². The lowest BCUT2D eigenvalue weighted by Gasteiger charge is -2.09. The molecule has 4 aromatic rings. The van der Waals surface area contributed by atoms with Crippen molar-refractivity contribution >= 4 is 39.2 Å². The van der Waals surface area contributed by atoms with Crippen LogP contribution in [0.25, 0.3) is 21.8 Å². The number of nitrogen functional groups attached to an aromatic ring is 1. The van der Waals surface area contributed by atoms with E-state index < -0.39 is 0 Å². The van der Waals surface area contributed by atoms with Crippen LogP contribution in [-0.4, -0.2) is 9.97 Å². The van der Waals surface area contributed by atoms with Gasteiger partial charge in [-0.1, -0.05) is 35.9 Å². The lowest BCUT2D eigenvalue weighted by atomic mass is 10.0. The van der Waals surface area contributed by atoms with Crippen LogP contribution in [0, 0.1) is 6.92 Å². The molecule has 0 bridgehead atoms. The van der Waals surface area contributed by atoms with Crippen molar-refractivity contribution in [1.82, 2.24) is 9.97 Å². The summed E-state index contributed by atoms with van der Waals surface area (Å²) in [6.45, 7) is 2.06. The second kappa shape index (κ2) is 6.34. The van der Waals surface area contributed by atoms with Gasteiger partial charge in [-0.15, -0.1) is 0 Å².